The predicted molar refractivity (Wildman–Crippen MR) is 107 cm³/mol. The highest BCUT2D eigenvalue weighted by atomic mass is 19.4. The van der Waals surface area contributed by atoms with Crippen LogP contribution in [-0.2, 0) is 24.8 Å². The lowest BCUT2D eigenvalue weighted by Gasteiger charge is -2.32. The smallest absolute Gasteiger partial charge is 0.305 e. The van der Waals surface area contributed by atoms with E-state index < -0.39 is 23.1 Å². The average molecular weight is 432 g/mol. The first-order valence-corrected chi connectivity index (χ1v) is 9.61. The number of amides is 1. The number of fused-ring (bicyclic) bond motifs is 1. The third-order valence-corrected chi connectivity index (χ3v) is 5.54. The Morgan fingerprint density at radius 2 is 1.90 bits per heavy atom. The quantitative estimate of drug-likeness (QED) is 0.566. The second-order valence-corrected chi connectivity index (χ2v) is 8.01. The van der Waals surface area contributed by atoms with Gasteiger partial charge in [-0.15, -0.1) is 0 Å². The summed E-state index contributed by atoms with van der Waals surface area (Å²) in [6, 6.07) is 11.2. The summed E-state index contributed by atoms with van der Waals surface area (Å²) in [5, 5.41) is 9.93. The fraction of sp³-hybridized carbons (Fsp3) is 0.273. The molecule has 0 saturated carbocycles. The van der Waals surface area contributed by atoms with E-state index >= 15 is 0 Å². The molecule has 31 heavy (non-hydrogen) atoms. The lowest BCUT2D eigenvalue weighted by Crippen LogP contribution is -2.35. The molecule has 0 bridgehead atoms. The number of carbonyl (C=O) groups excluding carboxylic acids is 1. The van der Waals surface area contributed by atoms with Crippen molar-refractivity contribution in [1.82, 2.24) is 15.1 Å². The van der Waals surface area contributed by atoms with Crippen LogP contribution in [0.4, 0.5) is 23.4 Å². The number of nitrogens with one attached hydrogen (secondary N) is 2. The number of alkyl halides is 3. The molecule has 0 radical (unpaired) electrons. The predicted octanol–water partition coefficient (Wildman–Crippen LogP) is 5.07. The van der Waals surface area contributed by atoms with E-state index in [0.29, 0.717) is 24.0 Å². The maximum Gasteiger partial charge on any atom is 0.416 e. The van der Waals surface area contributed by atoms with E-state index in [1.165, 1.54) is 0 Å². The zero-order valence-corrected chi connectivity index (χ0v) is 16.8. The molecule has 0 atom stereocenters. The monoisotopic (exact) mass is 432 g/mol. The molecule has 3 aromatic rings. The molecule has 0 unspecified atom stereocenters. The van der Waals surface area contributed by atoms with Crippen molar-refractivity contribution in [3.05, 3.63) is 82.3 Å². The first-order valence-electron chi connectivity index (χ1n) is 9.61. The van der Waals surface area contributed by atoms with Gasteiger partial charge in [0.2, 0.25) is 0 Å². The zero-order chi connectivity index (χ0) is 22.4. The van der Waals surface area contributed by atoms with E-state index in [4.69, 9.17) is 0 Å². The molecule has 9 heteroatoms. The van der Waals surface area contributed by atoms with Crippen molar-refractivity contribution >= 4 is 11.7 Å². The minimum absolute atomic E-state index is 0.0996. The third kappa shape index (κ3) is 4.05. The molecular weight excluding hydrogens is 412 g/mol. The van der Waals surface area contributed by atoms with Gasteiger partial charge in [0, 0.05) is 24.2 Å². The number of nitrogens with zero attached hydrogens (tertiary/aromatic N) is 2. The van der Waals surface area contributed by atoms with Gasteiger partial charge in [-0.1, -0.05) is 18.2 Å². The number of H-pyrrole nitrogens is 1. The van der Waals surface area contributed by atoms with Crippen molar-refractivity contribution in [1.29, 1.82) is 0 Å². The minimum atomic E-state index is -4.62. The molecule has 2 heterocycles. The SMILES string of the molecule is CC1(C)c2[nH]nc(NC(=O)c3ccccc3)c2CN1Cc1cc(F)cc(C(F)(F)F)c1. The summed E-state index contributed by atoms with van der Waals surface area (Å²) >= 11 is 0. The Morgan fingerprint density at radius 3 is 2.58 bits per heavy atom. The van der Waals surface area contributed by atoms with Gasteiger partial charge in [-0.2, -0.15) is 18.3 Å². The van der Waals surface area contributed by atoms with Gasteiger partial charge in [0.1, 0.15) is 5.82 Å². The van der Waals surface area contributed by atoms with Gasteiger partial charge in [0.25, 0.3) is 5.91 Å². The highest BCUT2D eigenvalue weighted by molar-refractivity contribution is 6.04. The van der Waals surface area contributed by atoms with Gasteiger partial charge in [-0.3, -0.25) is 14.8 Å². The van der Waals surface area contributed by atoms with E-state index in [1.807, 2.05) is 18.7 Å². The van der Waals surface area contributed by atoms with Crippen molar-refractivity contribution in [2.45, 2.75) is 38.7 Å². The number of hydrogen-bond donors (Lipinski definition) is 2. The van der Waals surface area contributed by atoms with Gasteiger partial charge in [0.15, 0.2) is 5.82 Å². The first kappa shape index (κ1) is 21.0. The molecule has 0 spiro atoms. The van der Waals surface area contributed by atoms with Gasteiger partial charge < -0.3 is 5.32 Å². The zero-order valence-electron chi connectivity index (χ0n) is 16.8. The van der Waals surface area contributed by atoms with Crippen LogP contribution in [0.5, 0.6) is 0 Å². The molecular formula is C22H20F4N4O. The maximum atomic E-state index is 13.8. The largest absolute Gasteiger partial charge is 0.416 e. The van der Waals surface area contributed by atoms with Crippen LogP contribution >= 0.6 is 0 Å². The van der Waals surface area contributed by atoms with E-state index in [1.54, 1.807) is 30.3 Å². The molecule has 5 nitrogen and oxygen atoms in total. The fourth-order valence-electron chi connectivity index (χ4n) is 3.82. The van der Waals surface area contributed by atoms with Crippen molar-refractivity contribution in [2.24, 2.45) is 0 Å². The Kier molecular flexibility index (Phi) is 5.09. The van der Waals surface area contributed by atoms with E-state index in [0.717, 1.165) is 23.4 Å². The summed E-state index contributed by atoms with van der Waals surface area (Å²) in [7, 11) is 0. The molecule has 0 aliphatic carbocycles. The van der Waals surface area contributed by atoms with Crippen LogP contribution in [0.15, 0.2) is 48.5 Å². The van der Waals surface area contributed by atoms with Crippen LogP contribution in [-0.4, -0.2) is 21.0 Å². The summed E-state index contributed by atoms with van der Waals surface area (Å²) in [5.74, 6) is -0.876. The van der Waals surface area contributed by atoms with Gasteiger partial charge in [0.05, 0.1) is 16.8 Å². The lowest BCUT2D eigenvalue weighted by molar-refractivity contribution is -0.137. The highest BCUT2D eigenvalue weighted by Gasteiger charge is 2.41. The van der Waals surface area contributed by atoms with Crippen LogP contribution in [0.25, 0.3) is 0 Å². The number of carbonyl (C=O) groups is 1. The molecule has 162 valence electrons. The summed E-state index contributed by atoms with van der Waals surface area (Å²) in [4.78, 5) is 14.4. The van der Waals surface area contributed by atoms with Crippen molar-refractivity contribution < 1.29 is 22.4 Å². The highest BCUT2D eigenvalue weighted by Crippen LogP contribution is 2.41. The topological polar surface area (TPSA) is 61.0 Å². The summed E-state index contributed by atoms with van der Waals surface area (Å²) in [6.45, 7) is 4.22. The van der Waals surface area contributed by atoms with E-state index in [9.17, 15) is 22.4 Å². The fourth-order valence-corrected chi connectivity index (χ4v) is 3.82. The Bertz CT molecular complexity index is 1120. The van der Waals surface area contributed by atoms with E-state index in [-0.39, 0.29) is 18.0 Å². The standard InChI is InChI=1S/C22H20F4N4O/c1-21(2)18-17(19(29-28-18)27-20(31)14-6-4-3-5-7-14)12-30(21)11-13-8-15(22(24,25)26)10-16(23)9-13/h3-10H,11-12H2,1-2H3,(H2,27,28,29,31). The van der Waals surface area contributed by atoms with Crippen LogP contribution < -0.4 is 5.32 Å². The van der Waals surface area contributed by atoms with Crippen LogP contribution in [0.1, 0.15) is 46.6 Å². The molecule has 0 fully saturated rings. The molecule has 2 N–H and O–H groups in total. The second kappa shape index (κ2) is 7.49. The third-order valence-electron chi connectivity index (χ3n) is 5.54. The number of aromatic nitrogens is 2. The number of hydrogen-bond acceptors (Lipinski definition) is 3. The van der Waals surface area contributed by atoms with Crippen LogP contribution in [0.2, 0.25) is 0 Å². The lowest BCUT2D eigenvalue weighted by atomic mass is 10.00. The Balaban J connectivity index is 1.57. The molecule has 4 rings (SSSR count). The molecule has 1 aliphatic rings. The number of anilines is 1. The minimum Gasteiger partial charge on any atom is -0.305 e. The van der Waals surface area contributed by atoms with Gasteiger partial charge in [-0.05, 0) is 49.7 Å². The van der Waals surface area contributed by atoms with Crippen molar-refractivity contribution in [3.63, 3.8) is 0 Å². The van der Waals surface area contributed by atoms with Crippen LogP contribution in [0, 0.1) is 5.82 Å². The molecule has 2 aromatic carbocycles. The molecule has 0 saturated heterocycles. The number of rotatable bonds is 4. The van der Waals surface area contributed by atoms with E-state index in [2.05, 4.69) is 15.5 Å². The molecule has 1 aliphatic heterocycles. The number of aromatic amines is 1. The van der Waals surface area contributed by atoms with Gasteiger partial charge in [-0.25, -0.2) is 4.39 Å². The Morgan fingerprint density at radius 1 is 1.19 bits per heavy atom. The summed E-state index contributed by atoms with van der Waals surface area (Å²) in [6.07, 6.45) is -4.62. The summed E-state index contributed by atoms with van der Waals surface area (Å²) < 4.78 is 53.0. The maximum absolute atomic E-state index is 13.8. The molecule has 1 aromatic heterocycles. The molecule has 1 amide bonds. The van der Waals surface area contributed by atoms with Gasteiger partial charge >= 0.3 is 6.18 Å². The Hall–Kier alpha value is -3.20. The van der Waals surface area contributed by atoms with Crippen molar-refractivity contribution in [3.8, 4) is 0 Å². The number of halogens is 4. The van der Waals surface area contributed by atoms with Crippen LogP contribution in [0.3, 0.4) is 0 Å². The normalized spacial score (nSPS) is 15.7. The Labute approximate surface area is 176 Å². The second-order valence-electron chi connectivity index (χ2n) is 8.01. The summed E-state index contributed by atoms with van der Waals surface area (Å²) in [5.41, 5.74) is 0.574. The first-order chi connectivity index (χ1) is 14.6. The average Bonchev–Trinajstić information content (AvgIpc) is 3.20. The van der Waals surface area contributed by atoms with Crippen molar-refractivity contribution in [2.75, 3.05) is 5.32 Å². The number of benzene rings is 2.